The minimum Gasteiger partial charge on any atom is -0.351 e. The summed E-state index contributed by atoms with van der Waals surface area (Å²) in [5.74, 6) is -0.0724. The van der Waals surface area contributed by atoms with Crippen LogP contribution < -0.4 is 5.32 Å². The first-order chi connectivity index (χ1) is 18.0. The second-order valence-electron chi connectivity index (χ2n) is 11.4. The summed E-state index contributed by atoms with van der Waals surface area (Å²) < 4.78 is 4.16. The van der Waals surface area contributed by atoms with Crippen LogP contribution in [0.15, 0.2) is 54.4 Å². The highest BCUT2D eigenvalue weighted by Gasteiger charge is 2.49. The van der Waals surface area contributed by atoms with Crippen LogP contribution in [0.1, 0.15) is 80.8 Å². The molecule has 194 valence electrons. The Hall–Kier alpha value is -3.28. The number of fused-ring (bicyclic) bond motifs is 3. The topological polar surface area (TPSA) is 59.3 Å². The fraction of sp³-hybridized carbons (Fsp3) is 0.484. The molecule has 0 radical (unpaired) electrons. The smallest absolute Gasteiger partial charge is 0.273 e. The normalized spacial score (nSPS) is 22.4. The summed E-state index contributed by atoms with van der Waals surface area (Å²) in [4.78, 5) is 30.4. The molecule has 2 aliphatic carbocycles. The van der Waals surface area contributed by atoms with Gasteiger partial charge >= 0.3 is 0 Å². The molecule has 0 spiro atoms. The van der Waals surface area contributed by atoms with Gasteiger partial charge in [-0.3, -0.25) is 9.59 Å². The van der Waals surface area contributed by atoms with Crippen LogP contribution in [-0.2, 0) is 11.3 Å². The monoisotopic (exact) mass is 498 g/mol. The SMILES string of the molecule is Cc1ccc2c(c1)c(-n1cccc1)c1n2CC(C)(C(=O)NC2CCCC2)N(CCC2=CCCCC2)C1=O. The van der Waals surface area contributed by atoms with Crippen LogP contribution in [0.5, 0.6) is 0 Å². The van der Waals surface area contributed by atoms with E-state index in [9.17, 15) is 9.59 Å². The Kier molecular flexibility index (Phi) is 6.21. The molecule has 0 bridgehead atoms. The van der Waals surface area contributed by atoms with E-state index in [1.165, 1.54) is 18.4 Å². The molecule has 1 fully saturated rings. The average molecular weight is 499 g/mol. The van der Waals surface area contributed by atoms with Crippen LogP contribution >= 0.6 is 0 Å². The molecule has 6 heteroatoms. The lowest BCUT2D eigenvalue weighted by molar-refractivity contribution is -0.133. The molecule has 6 rings (SSSR count). The molecule has 1 atom stereocenters. The molecule has 1 N–H and O–H groups in total. The Morgan fingerprint density at radius 1 is 1.11 bits per heavy atom. The first-order valence-corrected chi connectivity index (χ1v) is 14.0. The number of aryl methyl sites for hydroxylation is 1. The van der Waals surface area contributed by atoms with E-state index in [-0.39, 0.29) is 17.9 Å². The Morgan fingerprint density at radius 3 is 2.62 bits per heavy atom. The van der Waals surface area contributed by atoms with Crippen molar-refractivity contribution >= 4 is 22.7 Å². The number of benzene rings is 1. The van der Waals surface area contributed by atoms with Crippen molar-refractivity contribution in [2.24, 2.45) is 0 Å². The fourth-order valence-electron chi connectivity index (χ4n) is 6.66. The third-order valence-corrected chi connectivity index (χ3v) is 8.79. The quantitative estimate of drug-likeness (QED) is 0.430. The number of carbonyl (C=O) groups excluding carboxylic acids is 2. The first kappa shape index (κ1) is 24.1. The van der Waals surface area contributed by atoms with Crippen LogP contribution in [0, 0.1) is 6.92 Å². The van der Waals surface area contributed by atoms with Gasteiger partial charge in [0.1, 0.15) is 11.2 Å². The fourth-order valence-corrected chi connectivity index (χ4v) is 6.66. The number of hydrogen-bond donors (Lipinski definition) is 1. The number of hydrogen-bond acceptors (Lipinski definition) is 2. The van der Waals surface area contributed by atoms with Crippen molar-refractivity contribution in [3.05, 3.63) is 65.6 Å². The van der Waals surface area contributed by atoms with Gasteiger partial charge in [-0.15, -0.1) is 0 Å². The number of amides is 2. The number of carbonyl (C=O) groups is 2. The molecular weight excluding hydrogens is 460 g/mol. The maximum atomic E-state index is 14.5. The molecule has 3 aliphatic rings. The van der Waals surface area contributed by atoms with Crippen molar-refractivity contribution in [3.8, 4) is 5.69 Å². The lowest BCUT2D eigenvalue weighted by Crippen LogP contribution is -2.65. The van der Waals surface area contributed by atoms with E-state index in [1.54, 1.807) is 0 Å². The van der Waals surface area contributed by atoms with Gasteiger partial charge in [0.15, 0.2) is 0 Å². The Morgan fingerprint density at radius 2 is 1.89 bits per heavy atom. The second-order valence-corrected chi connectivity index (χ2v) is 11.4. The summed E-state index contributed by atoms with van der Waals surface area (Å²) >= 11 is 0. The molecule has 1 aromatic carbocycles. The number of rotatable bonds is 6. The Balaban J connectivity index is 1.46. The summed E-state index contributed by atoms with van der Waals surface area (Å²) in [7, 11) is 0. The molecule has 0 saturated heterocycles. The molecule has 1 unspecified atom stereocenters. The van der Waals surface area contributed by atoms with Gasteiger partial charge in [0, 0.05) is 30.4 Å². The van der Waals surface area contributed by atoms with Crippen LogP contribution in [0.25, 0.3) is 16.6 Å². The van der Waals surface area contributed by atoms with Crippen molar-refractivity contribution in [1.82, 2.24) is 19.4 Å². The van der Waals surface area contributed by atoms with Crippen LogP contribution in [-0.4, -0.2) is 44.0 Å². The molecule has 2 amide bonds. The van der Waals surface area contributed by atoms with Crippen molar-refractivity contribution in [2.75, 3.05) is 6.54 Å². The number of allylic oxidation sites excluding steroid dienone is 1. The minimum atomic E-state index is -0.952. The van der Waals surface area contributed by atoms with Crippen molar-refractivity contribution in [3.63, 3.8) is 0 Å². The highest BCUT2D eigenvalue weighted by atomic mass is 16.2. The largest absolute Gasteiger partial charge is 0.351 e. The summed E-state index contributed by atoms with van der Waals surface area (Å²) in [6.45, 7) is 5.07. The zero-order chi connectivity index (χ0) is 25.6. The Labute approximate surface area is 219 Å². The zero-order valence-corrected chi connectivity index (χ0v) is 22.1. The Bertz CT molecular complexity index is 1360. The van der Waals surface area contributed by atoms with Crippen LogP contribution in [0.4, 0.5) is 0 Å². The number of nitrogens with one attached hydrogen (secondary N) is 1. The van der Waals surface area contributed by atoms with Gasteiger partial charge in [-0.1, -0.05) is 36.1 Å². The molecule has 2 aromatic heterocycles. The van der Waals surface area contributed by atoms with E-state index in [2.05, 4.69) is 45.6 Å². The molecule has 1 aliphatic heterocycles. The van der Waals surface area contributed by atoms with Gasteiger partial charge < -0.3 is 19.4 Å². The van der Waals surface area contributed by atoms with E-state index in [1.807, 2.05) is 36.4 Å². The van der Waals surface area contributed by atoms with Crippen molar-refractivity contribution in [2.45, 2.75) is 89.8 Å². The average Bonchev–Trinajstić information content (AvgIpc) is 3.65. The van der Waals surface area contributed by atoms with Gasteiger partial charge in [0.25, 0.3) is 5.91 Å². The highest BCUT2D eigenvalue weighted by molar-refractivity contribution is 6.09. The van der Waals surface area contributed by atoms with E-state index in [4.69, 9.17) is 0 Å². The van der Waals surface area contributed by atoms with Gasteiger partial charge in [-0.2, -0.15) is 0 Å². The molecule has 6 nitrogen and oxygen atoms in total. The van der Waals surface area contributed by atoms with E-state index >= 15 is 0 Å². The van der Waals surface area contributed by atoms with Gasteiger partial charge in [-0.25, -0.2) is 0 Å². The third-order valence-electron chi connectivity index (χ3n) is 8.79. The van der Waals surface area contributed by atoms with Crippen molar-refractivity contribution < 1.29 is 9.59 Å². The minimum absolute atomic E-state index is 0.0208. The maximum absolute atomic E-state index is 14.5. The summed E-state index contributed by atoms with van der Waals surface area (Å²) in [5, 5.41) is 4.38. The maximum Gasteiger partial charge on any atom is 0.273 e. The summed E-state index contributed by atoms with van der Waals surface area (Å²) in [5.41, 5.74) is 4.22. The number of aromatic nitrogens is 2. The van der Waals surface area contributed by atoms with Crippen LogP contribution in [0.3, 0.4) is 0 Å². The predicted octanol–water partition coefficient (Wildman–Crippen LogP) is 5.90. The summed E-state index contributed by atoms with van der Waals surface area (Å²) in [6.07, 6.45) is 16.2. The zero-order valence-electron chi connectivity index (χ0n) is 22.1. The van der Waals surface area contributed by atoms with E-state index in [0.717, 1.165) is 67.1 Å². The highest BCUT2D eigenvalue weighted by Crippen LogP contribution is 2.39. The first-order valence-electron chi connectivity index (χ1n) is 14.0. The van der Waals surface area contributed by atoms with Gasteiger partial charge in [0.05, 0.1) is 17.7 Å². The van der Waals surface area contributed by atoms with E-state index in [0.29, 0.717) is 18.8 Å². The lowest BCUT2D eigenvalue weighted by atomic mass is 9.92. The second kappa shape index (κ2) is 9.55. The third kappa shape index (κ3) is 4.20. The number of nitrogens with zero attached hydrogens (tertiary/aromatic N) is 3. The molecule has 3 aromatic rings. The standard InChI is InChI=1S/C31H38N4O2/c1-22-14-15-26-25(20-22)27(33-17-8-9-18-33)28-29(36)35(19-16-23-10-4-3-5-11-23)31(2,21-34(26)28)30(37)32-24-12-6-7-13-24/h8-10,14-15,17-18,20,24H,3-7,11-13,16,19,21H2,1-2H3,(H,32,37). The predicted molar refractivity (Wildman–Crippen MR) is 147 cm³/mol. The summed E-state index contributed by atoms with van der Waals surface area (Å²) in [6, 6.07) is 10.6. The molecule has 37 heavy (non-hydrogen) atoms. The molecular formula is C31H38N4O2. The van der Waals surface area contributed by atoms with Gasteiger partial charge in [-0.05, 0) is 83.1 Å². The van der Waals surface area contributed by atoms with Gasteiger partial charge in [0.2, 0.25) is 5.91 Å². The molecule has 3 heterocycles. The van der Waals surface area contributed by atoms with Crippen molar-refractivity contribution in [1.29, 1.82) is 0 Å². The van der Waals surface area contributed by atoms with Crippen LogP contribution in [0.2, 0.25) is 0 Å². The van der Waals surface area contributed by atoms with E-state index < -0.39 is 5.54 Å². The lowest BCUT2D eigenvalue weighted by Gasteiger charge is -2.45. The molecule has 1 saturated carbocycles.